The fourth-order valence-corrected chi connectivity index (χ4v) is 0.841. The molecule has 0 aromatic rings. The van der Waals surface area contributed by atoms with Gasteiger partial charge in [-0.05, 0) is 0 Å². The Bertz CT molecular complexity index is 222. The van der Waals surface area contributed by atoms with E-state index in [1.807, 2.05) is 0 Å². The molecule has 0 aliphatic rings. The molecular weight excluding hydrogens is 181 g/mol. The van der Waals surface area contributed by atoms with Gasteiger partial charge in [0.2, 0.25) is 5.91 Å². The van der Waals surface area contributed by atoms with E-state index in [0.717, 1.165) is 4.90 Å². The van der Waals surface area contributed by atoms with Gasteiger partial charge in [-0.3, -0.25) is 4.79 Å². The zero-order valence-corrected chi connectivity index (χ0v) is 9.51. The molecule has 0 aliphatic heterocycles. The van der Waals surface area contributed by atoms with Crippen LogP contribution in [0.15, 0.2) is 0 Å². The van der Waals surface area contributed by atoms with Crippen LogP contribution < -0.4 is 29.6 Å². The summed E-state index contributed by atoms with van der Waals surface area (Å²) in [5.74, 6) is -1.66. The third-order valence-electron chi connectivity index (χ3n) is 0.799. The van der Waals surface area contributed by atoms with E-state index >= 15 is 0 Å². The smallest absolute Gasteiger partial charge is 0.748 e. The Balaban J connectivity index is 0. The van der Waals surface area contributed by atoms with Gasteiger partial charge in [-0.25, -0.2) is 8.42 Å². The van der Waals surface area contributed by atoms with Crippen LogP contribution in [0, 0.1) is 0 Å². The van der Waals surface area contributed by atoms with Gasteiger partial charge in [0.15, 0.2) is 0 Å². The molecule has 1 amide bonds. The SMILES string of the molecule is CN(C)C(=O)CS(=O)(=O)[O-].[Na+]. The van der Waals surface area contributed by atoms with E-state index in [1.165, 1.54) is 14.1 Å². The molecular formula is C4H8NNaO4S. The second-order valence-corrected chi connectivity index (χ2v) is 3.39. The Kier molecular flexibility index (Phi) is 6.46. The number of carbonyl (C=O) groups is 1. The molecule has 60 valence electrons. The van der Waals surface area contributed by atoms with E-state index in [0.29, 0.717) is 0 Å². The summed E-state index contributed by atoms with van der Waals surface area (Å²) < 4.78 is 29.8. The van der Waals surface area contributed by atoms with Crippen LogP contribution in [-0.2, 0) is 14.9 Å². The summed E-state index contributed by atoms with van der Waals surface area (Å²) in [5.41, 5.74) is 0. The van der Waals surface area contributed by atoms with Crippen molar-refractivity contribution in [3.8, 4) is 0 Å². The molecule has 0 atom stereocenters. The molecule has 0 fully saturated rings. The third-order valence-corrected chi connectivity index (χ3v) is 1.40. The summed E-state index contributed by atoms with van der Waals surface area (Å²) >= 11 is 0. The minimum absolute atomic E-state index is 0. The van der Waals surface area contributed by atoms with E-state index in [2.05, 4.69) is 0 Å². The Hall–Kier alpha value is 0.380. The van der Waals surface area contributed by atoms with E-state index < -0.39 is 21.8 Å². The van der Waals surface area contributed by atoms with E-state index in [1.54, 1.807) is 0 Å². The van der Waals surface area contributed by atoms with Gasteiger partial charge in [-0.2, -0.15) is 0 Å². The molecule has 0 heterocycles. The fraction of sp³-hybridized carbons (Fsp3) is 0.750. The number of nitrogens with zero attached hydrogens (tertiary/aromatic N) is 1. The number of carbonyl (C=O) groups excluding carboxylic acids is 1. The summed E-state index contributed by atoms with van der Waals surface area (Å²) in [6, 6.07) is 0. The van der Waals surface area contributed by atoms with Crippen LogP contribution in [0.4, 0.5) is 0 Å². The van der Waals surface area contributed by atoms with E-state index in [4.69, 9.17) is 0 Å². The van der Waals surface area contributed by atoms with Gasteiger partial charge >= 0.3 is 29.6 Å². The first kappa shape index (κ1) is 13.9. The van der Waals surface area contributed by atoms with Gasteiger partial charge < -0.3 is 9.45 Å². The summed E-state index contributed by atoms with van der Waals surface area (Å²) in [5, 5.41) is 0. The third kappa shape index (κ3) is 8.28. The Morgan fingerprint density at radius 2 is 1.82 bits per heavy atom. The molecule has 0 bridgehead atoms. The zero-order valence-electron chi connectivity index (χ0n) is 6.70. The molecule has 0 aromatic heterocycles. The van der Waals surface area contributed by atoms with Crippen molar-refractivity contribution < 1.29 is 47.3 Å². The van der Waals surface area contributed by atoms with E-state index in [9.17, 15) is 17.8 Å². The number of amides is 1. The molecule has 0 radical (unpaired) electrons. The maximum Gasteiger partial charge on any atom is 1.00 e. The molecule has 0 N–H and O–H groups in total. The van der Waals surface area contributed by atoms with Crippen LogP contribution >= 0.6 is 0 Å². The van der Waals surface area contributed by atoms with Crippen LogP contribution in [0.5, 0.6) is 0 Å². The van der Waals surface area contributed by atoms with Gasteiger partial charge in [0.25, 0.3) is 0 Å². The van der Waals surface area contributed by atoms with Crippen LogP contribution in [0.1, 0.15) is 0 Å². The van der Waals surface area contributed by atoms with Gasteiger partial charge in [0.05, 0.1) is 0 Å². The van der Waals surface area contributed by atoms with E-state index in [-0.39, 0.29) is 29.6 Å². The molecule has 5 nitrogen and oxygen atoms in total. The van der Waals surface area contributed by atoms with Crippen molar-refractivity contribution in [1.82, 2.24) is 4.90 Å². The largest absolute Gasteiger partial charge is 1.00 e. The topological polar surface area (TPSA) is 77.5 Å². The summed E-state index contributed by atoms with van der Waals surface area (Å²) in [6.45, 7) is 0. The Morgan fingerprint density at radius 1 is 1.45 bits per heavy atom. The number of hydrogen-bond donors (Lipinski definition) is 0. The van der Waals surface area contributed by atoms with Crippen molar-refractivity contribution in [3.63, 3.8) is 0 Å². The van der Waals surface area contributed by atoms with Crippen molar-refractivity contribution >= 4 is 16.0 Å². The van der Waals surface area contributed by atoms with Crippen molar-refractivity contribution in [1.29, 1.82) is 0 Å². The summed E-state index contributed by atoms with van der Waals surface area (Å²) in [4.78, 5) is 11.6. The molecule has 11 heavy (non-hydrogen) atoms. The summed E-state index contributed by atoms with van der Waals surface area (Å²) in [6.07, 6.45) is 0. The van der Waals surface area contributed by atoms with Gasteiger partial charge in [-0.1, -0.05) is 0 Å². The average Bonchev–Trinajstić information content (AvgIpc) is 1.60. The predicted octanol–water partition coefficient (Wildman–Crippen LogP) is -4.38. The molecule has 0 saturated carbocycles. The predicted molar refractivity (Wildman–Crippen MR) is 33.3 cm³/mol. The standard InChI is InChI=1S/C4H9NO4S.Na/c1-5(2)4(6)3-10(7,8)9;/h3H2,1-2H3,(H,7,8,9);/q;+1/p-1. The van der Waals surface area contributed by atoms with Crippen LogP contribution in [0.25, 0.3) is 0 Å². The minimum atomic E-state index is -4.41. The number of rotatable bonds is 2. The summed E-state index contributed by atoms with van der Waals surface area (Å²) in [7, 11) is -1.64. The first-order valence-corrected chi connectivity index (χ1v) is 4.04. The molecule has 0 unspecified atom stereocenters. The van der Waals surface area contributed by atoms with Gasteiger partial charge in [0.1, 0.15) is 15.9 Å². The molecule has 0 saturated heterocycles. The molecule has 0 spiro atoms. The van der Waals surface area contributed by atoms with Crippen molar-refractivity contribution in [2.75, 3.05) is 19.8 Å². The van der Waals surface area contributed by atoms with Gasteiger partial charge in [-0.15, -0.1) is 0 Å². The average molecular weight is 189 g/mol. The monoisotopic (exact) mass is 189 g/mol. The van der Waals surface area contributed by atoms with Crippen LogP contribution in [0.2, 0.25) is 0 Å². The second kappa shape index (κ2) is 5.10. The van der Waals surface area contributed by atoms with Crippen molar-refractivity contribution in [3.05, 3.63) is 0 Å². The first-order valence-electron chi connectivity index (χ1n) is 2.46. The first-order chi connectivity index (χ1) is 4.33. The molecule has 0 aromatic carbocycles. The van der Waals surface area contributed by atoms with Crippen molar-refractivity contribution in [2.24, 2.45) is 0 Å². The maximum atomic E-state index is 10.5. The number of hydrogen-bond acceptors (Lipinski definition) is 4. The molecule has 0 aliphatic carbocycles. The molecule has 7 heteroatoms. The normalized spacial score (nSPS) is 10.1. The second-order valence-electron chi connectivity index (χ2n) is 1.99. The molecule has 0 rings (SSSR count). The van der Waals surface area contributed by atoms with Crippen molar-refractivity contribution in [2.45, 2.75) is 0 Å². The zero-order chi connectivity index (χ0) is 8.36. The Labute approximate surface area is 87.8 Å². The minimum Gasteiger partial charge on any atom is -0.748 e. The maximum absolute atomic E-state index is 10.5. The quantitative estimate of drug-likeness (QED) is 0.325. The fourth-order valence-electron chi connectivity index (χ4n) is 0.280. The van der Waals surface area contributed by atoms with Crippen LogP contribution in [0.3, 0.4) is 0 Å². The van der Waals surface area contributed by atoms with Crippen LogP contribution in [-0.4, -0.2) is 43.6 Å². The van der Waals surface area contributed by atoms with Gasteiger partial charge in [0, 0.05) is 14.1 Å². The Morgan fingerprint density at radius 3 is 1.91 bits per heavy atom.